The van der Waals surface area contributed by atoms with Crippen molar-refractivity contribution < 1.29 is 14.3 Å². The predicted octanol–water partition coefficient (Wildman–Crippen LogP) is 2.15. The zero-order valence-corrected chi connectivity index (χ0v) is 17.4. The van der Waals surface area contributed by atoms with Crippen molar-refractivity contribution in [3.8, 4) is 23.0 Å². The van der Waals surface area contributed by atoms with Gasteiger partial charge in [0.15, 0.2) is 17.3 Å². The van der Waals surface area contributed by atoms with Crippen LogP contribution in [0.25, 0.3) is 11.5 Å². The maximum absolute atomic E-state index is 12.4. The number of pyridine rings is 1. The largest absolute Gasteiger partial charge is 0.486 e. The van der Waals surface area contributed by atoms with Gasteiger partial charge in [0, 0.05) is 29.9 Å². The third-order valence-electron chi connectivity index (χ3n) is 4.83. The van der Waals surface area contributed by atoms with Crippen LogP contribution in [0.1, 0.15) is 38.4 Å². The van der Waals surface area contributed by atoms with Crippen molar-refractivity contribution in [2.24, 2.45) is 0 Å². The molecule has 2 aliphatic rings. The van der Waals surface area contributed by atoms with Crippen LogP contribution >= 0.6 is 0 Å². The summed E-state index contributed by atoms with van der Waals surface area (Å²) >= 11 is 0. The van der Waals surface area contributed by atoms with Gasteiger partial charge in [-0.05, 0) is 40.0 Å². The van der Waals surface area contributed by atoms with Gasteiger partial charge in [0.2, 0.25) is 5.91 Å². The van der Waals surface area contributed by atoms with Gasteiger partial charge in [-0.3, -0.25) is 4.79 Å². The van der Waals surface area contributed by atoms with E-state index in [9.17, 15) is 4.79 Å². The van der Waals surface area contributed by atoms with E-state index < -0.39 is 0 Å². The summed E-state index contributed by atoms with van der Waals surface area (Å²) in [7, 11) is 1.89. The highest BCUT2D eigenvalue weighted by Gasteiger charge is 2.25. The third kappa shape index (κ3) is 4.26. The topological polar surface area (TPSA) is 89.5 Å². The van der Waals surface area contributed by atoms with Gasteiger partial charge in [-0.2, -0.15) is 0 Å². The summed E-state index contributed by atoms with van der Waals surface area (Å²) in [4.78, 5) is 28.3. The fourth-order valence-corrected chi connectivity index (χ4v) is 3.66. The molecule has 1 aliphatic heterocycles. The fraction of sp³-hybridized carbons (Fsp3) is 0.524. The molecule has 2 aromatic heterocycles. The summed E-state index contributed by atoms with van der Waals surface area (Å²) in [5.41, 5.74) is 2.52. The van der Waals surface area contributed by atoms with Gasteiger partial charge in [-0.25, -0.2) is 15.0 Å². The third-order valence-corrected chi connectivity index (χ3v) is 4.83. The van der Waals surface area contributed by atoms with E-state index in [0.717, 1.165) is 36.3 Å². The minimum absolute atomic E-state index is 0.0376. The first-order chi connectivity index (χ1) is 13.8. The molecule has 0 saturated heterocycles. The van der Waals surface area contributed by atoms with Crippen molar-refractivity contribution in [2.45, 2.75) is 45.6 Å². The lowest BCUT2D eigenvalue weighted by atomic mass is 10.1. The van der Waals surface area contributed by atoms with E-state index in [1.54, 1.807) is 6.20 Å². The number of anilines is 1. The van der Waals surface area contributed by atoms with E-state index in [1.165, 1.54) is 0 Å². The van der Waals surface area contributed by atoms with Crippen LogP contribution in [-0.2, 0) is 17.6 Å². The Kier molecular flexibility index (Phi) is 5.02. The molecule has 29 heavy (non-hydrogen) atoms. The molecule has 0 atom stereocenters. The number of hydrogen-bond donors (Lipinski definition) is 1. The SMILES string of the molecule is CN(CC(=O)NC(C)(C)C)c1nc(-c2cc3c(cn2)OCCO3)nc2c1CCC2. The molecule has 8 heteroatoms. The minimum atomic E-state index is -0.272. The molecule has 0 saturated carbocycles. The van der Waals surface area contributed by atoms with Crippen molar-refractivity contribution in [1.82, 2.24) is 20.3 Å². The summed E-state index contributed by atoms with van der Waals surface area (Å²) in [6.07, 6.45) is 4.52. The molecule has 0 bridgehead atoms. The van der Waals surface area contributed by atoms with Gasteiger partial charge in [-0.15, -0.1) is 0 Å². The Balaban J connectivity index is 1.65. The minimum Gasteiger partial charge on any atom is -0.486 e. The van der Waals surface area contributed by atoms with Crippen molar-refractivity contribution >= 4 is 11.7 Å². The molecule has 1 N–H and O–H groups in total. The lowest BCUT2D eigenvalue weighted by molar-refractivity contribution is -0.121. The number of aryl methyl sites for hydroxylation is 1. The Hall–Kier alpha value is -2.90. The van der Waals surface area contributed by atoms with E-state index in [-0.39, 0.29) is 18.0 Å². The van der Waals surface area contributed by atoms with Crippen molar-refractivity contribution in [3.63, 3.8) is 0 Å². The molecule has 4 rings (SSSR count). The predicted molar refractivity (Wildman–Crippen MR) is 109 cm³/mol. The highest BCUT2D eigenvalue weighted by Crippen LogP contribution is 2.34. The molecule has 0 radical (unpaired) electrons. The van der Waals surface area contributed by atoms with Crippen LogP contribution < -0.4 is 19.7 Å². The average Bonchev–Trinajstić information content (AvgIpc) is 3.13. The Morgan fingerprint density at radius 2 is 1.93 bits per heavy atom. The second kappa shape index (κ2) is 7.50. The molecule has 1 aliphatic carbocycles. The first-order valence-electron chi connectivity index (χ1n) is 9.98. The van der Waals surface area contributed by atoms with Gasteiger partial charge in [0.25, 0.3) is 0 Å². The summed E-state index contributed by atoms with van der Waals surface area (Å²) in [6, 6.07) is 1.82. The van der Waals surface area contributed by atoms with E-state index in [2.05, 4.69) is 10.3 Å². The molecule has 0 unspecified atom stereocenters. The number of rotatable bonds is 4. The second-order valence-corrected chi connectivity index (χ2v) is 8.52. The lowest BCUT2D eigenvalue weighted by Crippen LogP contribution is -2.45. The van der Waals surface area contributed by atoms with Crippen molar-refractivity contribution in [2.75, 3.05) is 31.7 Å². The van der Waals surface area contributed by atoms with Crippen LogP contribution in [0, 0.1) is 0 Å². The number of amides is 1. The zero-order chi connectivity index (χ0) is 20.6. The number of nitrogens with zero attached hydrogens (tertiary/aromatic N) is 4. The maximum atomic E-state index is 12.4. The molecular weight excluding hydrogens is 370 g/mol. The number of nitrogens with one attached hydrogen (secondary N) is 1. The molecular formula is C21H27N5O3. The Morgan fingerprint density at radius 3 is 2.69 bits per heavy atom. The number of fused-ring (bicyclic) bond motifs is 2. The van der Waals surface area contributed by atoms with E-state index in [1.807, 2.05) is 38.8 Å². The fourth-order valence-electron chi connectivity index (χ4n) is 3.66. The highest BCUT2D eigenvalue weighted by atomic mass is 16.6. The van der Waals surface area contributed by atoms with Gasteiger partial charge in [0.1, 0.15) is 24.7 Å². The van der Waals surface area contributed by atoms with E-state index in [0.29, 0.717) is 36.2 Å². The number of ether oxygens (including phenoxy) is 2. The van der Waals surface area contributed by atoms with Crippen LogP contribution in [0.15, 0.2) is 12.3 Å². The molecule has 0 aromatic carbocycles. The molecule has 0 fully saturated rings. The number of carbonyl (C=O) groups excluding carboxylic acids is 1. The number of hydrogen-bond acceptors (Lipinski definition) is 7. The molecule has 0 spiro atoms. The average molecular weight is 397 g/mol. The Bertz CT molecular complexity index is 939. The molecule has 2 aromatic rings. The second-order valence-electron chi connectivity index (χ2n) is 8.52. The number of aromatic nitrogens is 3. The normalized spacial score (nSPS) is 15.0. The van der Waals surface area contributed by atoms with E-state index >= 15 is 0 Å². The monoisotopic (exact) mass is 397 g/mol. The van der Waals surface area contributed by atoms with Crippen LogP contribution in [0.5, 0.6) is 11.5 Å². The molecule has 3 heterocycles. The Morgan fingerprint density at radius 1 is 1.17 bits per heavy atom. The number of likely N-dealkylation sites (N-methyl/N-ethyl adjacent to an activating group) is 1. The van der Waals surface area contributed by atoms with Gasteiger partial charge >= 0.3 is 0 Å². The van der Waals surface area contributed by atoms with E-state index in [4.69, 9.17) is 19.4 Å². The highest BCUT2D eigenvalue weighted by molar-refractivity contribution is 5.82. The number of carbonyl (C=O) groups is 1. The van der Waals surface area contributed by atoms with Gasteiger partial charge < -0.3 is 19.7 Å². The first kappa shape index (κ1) is 19.4. The quantitative estimate of drug-likeness (QED) is 0.845. The Labute approximate surface area is 170 Å². The van der Waals surface area contributed by atoms with Crippen molar-refractivity contribution in [3.05, 3.63) is 23.5 Å². The zero-order valence-electron chi connectivity index (χ0n) is 17.4. The van der Waals surface area contributed by atoms with Crippen LogP contribution in [-0.4, -0.2) is 53.2 Å². The van der Waals surface area contributed by atoms with Crippen molar-refractivity contribution in [1.29, 1.82) is 0 Å². The summed E-state index contributed by atoms with van der Waals surface area (Å²) < 4.78 is 11.2. The standard InChI is InChI=1S/C21H27N5O3/c1-21(2,3)25-18(27)12-26(4)20-13-6-5-7-14(13)23-19(24-20)15-10-16-17(11-22-15)29-9-8-28-16/h10-11H,5-9,12H2,1-4H3,(H,25,27). The van der Waals surface area contributed by atoms with Gasteiger partial charge in [0.05, 0.1) is 12.7 Å². The summed E-state index contributed by atoms with van der Waals surface area (Å²) in [5.74, 6) is 2.59. The van der Waals surface area contributed by atoms with Crippen LogP contribution in [0.4, 0.5) is 5.82 Å². The van der Waals surface area contributed by atoms with Gasteiger partial charge in [-0.1, -0.05) is 0 Å². The molecule has 154 valence electrons. The first-order valence-corrected chi connectivity index (χ1v) is 9.98. The summed E-state index contributed by atoms with van der Waals surface area (Å²) in [6.45, 7) is 7.18. The molecule has 8 nitrogen and oxygen atoms in total. The van der Waals surface area contributed by atoms with Crippen LogP contribution in [0.3, 0.4) is 0 Å². The maximum Gasteiger partial charge on any atom is 0.239 e. The summed E-state index contributed by atoms with van der Waals surface area (Å²) in [5, 5.41) is 3.00. The van der Waals surface area contributed by atoms with Crippen LogP contribution in [0.2, 0.25) is 0 Å². The molecule has 1 amide bonds. The smallest absolute Gasteiger partial charge is 0.239 e. The lowest BCUT2D eigenvalue weighted by Gasteiger charge is -2.25.